The van der Waals surface area contributed by atoms with Gasteiger partial charge in [-0.2, -0.15) is 0 Å². The van der Waals surface area contributed by atoms with E-state index in [1.165, 1.54) is 5.56 Å². The van der Waals surface area contributed by atoms with Crippen molar-refractivity contribution >= 4 is 11.9 Å². The Morgan fingerprint density at radius 3 is 2.34 bits per heavy atom. The molecule has 6 heteroatoms. The second kappa shape index (κ2) is 8.39. The third-order valence-corrected chi connectivity index (χ3v) is 4.45. The molecule has 0 saturated heterocycles. The Kier molecular flexibility index (Phi) is 5.33. The zero-order chi connectivity index (χ0) is 20.1. The van der Waals surface area contributed by atoms with E-state index in [-0.39, 0.29) is 17.8 Å². The summed E-state index contributed by atoms with van der Waals surface area (Å²) in [5.41, 5.74) is 3.52. The Morgan fingerprint density at radius 1 is 0.897 bits per heavy atom. The predicted octanol–water partition coefficient (Wildman–Crippen LogP) is 4.59. The van der Waals surface area contributed by atoms with Crippen LogP contribution in [0.5, 0.6) is 5.75 Å². The fourth-order valence-electron chi connectivity index (χ4n) is 2.98. The highest BCUT2D eigenvalue weighted by Crippen LogP contribution is 2.29. The summed E-state index contributed by atoms with van der Waals surface area (Å²) < 4.78 is 10.9. The molecule has 1 amide bonds. The first-order valence-corrected chi connectivity index (χ1v) is 9.14. The summed E-state index contributed by atoms with van der Waals surface area (Å²) in [5, 5.41) is 10.5. The third-order valence-electron chi connectivity index (χ3n) is 4.45. The number of hydrogen-bond acceptors (Lipinski definition) is 5. The van der Waals surface area contributed by atoms with E-state index in [9.17, 15) is 4.79 Å². The van der Waals surface area contributed by atoms with Crippen molar-refractivity contribution in [2.24, 2.45) is 0 Å². The van der Waals surface area contributed by atoms with Gasteiger partial charge in [0.15, 0.2) is 0 Å². The van der Waals surface area contributed by atoms with Crippen LogP contribution in [-0.4, -0.2) is 23.2 Å². The van der Waals surface area contributed by atoms with Gasteiger partial charge in [0.2, 0.25) is 0 Å². The van der Waals surface area contributed by atoms with Gasteiger partial charge >= 0.3 is 6.01 Å². The monoisotopic (exact) mass is 385 g/mol. The molecule has 0 aliphatic carbocycles. The zero-order valence-electron chi connectivity index (χ0n) is 15.8. The molecular formula is C23H19N3O3. The van der Waals surface area contributed by atoms with Crippen molar-refractivity contribution in [3.63, 3.8) is 0 Å². The van der Waals surface area contributed by atoms with E-state index >= 15 is 0 Å². The molecule has 0 saturated carbocycles. The van der Waals surface area contributed by atoms with Crippen LogP contribution in [0.2, 0.25) is 0 Å². The normalized spacial score (nSPS) is 10.5. The Balaban J connectivity index is 1.44. The van der Waals surface area contributed by atoms with E-state index in [0.717, 1.165) is 12.0 Å². The van der Waals surface area contributed by atoms with Gasteiger partial charge in [-0.1, -0.05) is 59.7 Å². The van der Waals surface area contributed by atoms with Crippen LogP contribution in [0, 0.1) is 0 Å². The Hall–Kier alpha value is -3.93. The summed E-state index contributed by atoms with van der Waals surface area (Å²) in [5.74, 6) is 0.575. The van der Waals surface area contributed by atoms with Crippen LogP contribution >= 0.6 is 0 Å². The molecule has 6 nitrogen and oxygen atoms in total. The number of aromatic nitrogens is 2. The van der Waals surface area contributed by atoms with Gasteiger partial charge in [0.05, 0.1) is 12.7 Å². The maximum Gasteiger partial charge on any atom is 0.322 e. The molecule has 0 bridgehead atoms. The summed E-state index contributed by atoms with van der Waals surface area (Å²) in [4.78, 5) is 12.5. The lowest BCUT2D eigenvalue weighted by Crippen LogP contribution is -2.12. The molecule has 29 heavy (non-hydrogen) atoms. The molecular weight excluding hydrogens is 366 g/mol. The lowest BCUT2D eigenvalue weighted by molar-refractivity contribution is 0.102. The van der Waals surface area contributed by atoms with Crippen LogP contribution in [0.15, 0.2) is 83.3 Å². The van der Waals surface area contributed by atoms with Gasteiger partial charge in [0.25, 0.3) is 11.8 Å². The largest absolute Gasteiger partial charge is 0.496 e. The van der Waals surface area contributed by atoms with Crippen molar-refractivity contribution in [2.75, 3.05) is 12.4 Å². The molecule has 3 aromatic carbocycles. The number of carbonyl (C=O) groups excluding carboxylic acids is 1. The van der Waals surface area contributed by atoms with Crippen molar-refractivity contribution in [2.45, 2.75) is 6.42 Å². The summed E-state index contributed by atoms with van der Waals surface area (Å²) >= 11 is 0. The van der Waals surface area contributed by atoms with Gasteiger partial charge in [-0.3, -0.25) is 10.1 Å². The average Bonchev–Trinajstić information content (AvgIpc) is 3.23. The quantitative estimate of drug-likeness (QED) is 0.525. The van der Waals surface area contributed by atoms with E-state index in [4.69, 9.17) is 9.15 Å². The summed E-state index contributed by atoms with van der Waals surface area (Å²) in [6.07, 6.45) is 0.814. The number of anilines is 1. The highest BCUT2D eigenvalue weighted by Gasteiger charge is 2.15. The van der Waals surface area contributed by atoms with E-state index in [1.54, 1.807) is 25.3 Å². The SMILES string of the molecule is COc1ccccc1-c1nnc(NC(=O)c2ccc(Cc3ccccc3)cc2)o1. The molecule has 1 N–H and O–H groups in total. The van der Waals surface area contributed by atoms with E-state index < -0.39 is 0 Å². The first kappa shape index (κ1) is 18.4. The number of amides is 1. The smallest absolute Gasteiger partial charge is 0.322 e. The van der Waals surface area contributed by atoms with E-state index in [0.29, 0.717) is 16.9 Å². The van der Waals surface area contributed by atoms with E-state index in [2.05, 4.69) is 27.6 Å². The lowest BCUT2D eigenvalue weighted by atomic mass is 10.0. The summed E-state index contributed by atoms with van der Waals surface area (Å²) in [7, 11) is 1.57. The minimum absolute atomic E-state index is 0.0317. The highest BCUT2D eigenvalue weighted by atomic mass is 16.5. The first-order chi connectivity index (χ1) is 14.2. The number of para-hydroxylation sites is 1. The van der Waals surface area contributed by atoms with Gasteiger partial charge in [-0.25, -0.2) is 0 Å². The number of hydrogen-bond donors (Lipinski definition) is 1. The molecule has 4 aromatic rings. The Labute approximate surface area is 168 Å². The zero-order valence-corrected chi connectivity index (χ0v) is 15.8. The summed E-state index contributed by atoms with van der Waals surface area (Å²) in [6, 6.07) is 25.0. The lowest BCUT2D eigenvalue weighted by Gasteiger charge is -2.05. The molecule has 0 fully saturated rings. The maximum atomic E-state index is 12.5. The van der Waals surface area contributed by atoms with Gasteiger partial charge in [-0.15, -0.1) is 5.10 Å². The van der Waals surface area contributed by atoms with E-state index in [1.807, 2.05) is 48.5 Å². The van der Waals surface area contributed by atoms with Crippen molar-refractivity contribution in [1.82, 2.24) is 10.2 Å². The van der Waals surface area contributed by atoms with Gasteiger partial charge in [0, 0.05) is 5.56 Å². The molecule has 0 aliphatic heterocycles. The minimum Gasteiger partial charge on any atom is -0.496 e. The molecule has 0 aliphatic rings. The van der Waals surface area contributed by atoms with Crippen molar-refractivity contribution < 1.29 is 13.9 Å². The number of carbonyl (C=O) groups is 1. The fourth-order valence-corrected chi connectivity index (χ4v) is 2.98. The molecule has 144 valence electrons. The van der Waals surface area contributed by atoms with Crippen LogP contribution in [0.25, 0.3) is 11.5 Å². The van der Waals surface area contributed by atoms with Crippen molar-refractivity contribution in [1.29, 1.82) is 0 Å². The van der Waals surface area contributed by atoms with Crippen molar-refractivity contribution in [3.05, 3.63) is 95.6 Å². The predicted molar refractivity (Wildman–Crippen MR) is 110 cm³/mol. The minimum atomic E-state index is -0.313. The van der Waals surface area contributed by atoms with Crippen LogP contribution in [-0.2, 0) is 6.42 Å². The number of methoxy groups -OCH3 is 1. The molecule has 1 aromatic heterocycles. The standard InChI is InChI=1S/C23H19N3O3/c1-28-20-10-6-5-9-19(20)22-25-26-23(29-22)24-21(27)18-13-11-17(12-14-18)15-16-7-3-2-4-8-16/h2-14H,15H2,1H3,(H,24,26,27). The van der Waals surface area contributed by atoms with Gasteiger partial charge in [-0.05, 0) is 41.8 Å². The topological polar surface area (TPSA) is 77.3 Å². The molecule has 0 spiro atoms. The maximum absolute atomic E-state index is 12.5. The van der Waals surface area contributed by atoms with Crippen LogP contribution < -0.4 is 10.1 Å². The Morgan fingerprint density at radius 2 is 1.59 bits per heavy atom. The molecule has 0 radical (unpaired) electrons. The second-order valence-electron chi connectivity index (χ2n) is 6.43. The number of rotatable bonds is 6. The summed E-state index contributed by atoms with van der Waals surface area (Å²) in [6.45, 7) is 0. The van der Waals surface area contributed by atoms with Crippen LogP contribution in [0.4, 0.5) is 6.01 Å². The molecule has 0 unspecified atom stereocenters. The Bertz CT molecular complexity index is 1110. The number of ether oxygens (including phenoxy) is 1. The molecule has 0 atom stereocenters. The molecule has 1 heterocycles. The molecule has 4 rings (SSSR count). The first-order valence-electron chi connectivity index (χ1n) is 9.14. The van der Waals surface area contributed by atoms with Crippen LogP contribution in [0.3, 0.4) is 0 Å². The number of nitrogens with one attached hydrogen (secondary N) is 1. The number of nitrogens with zero attached hydrogens (tertiary/aromatic N) is 2. The van der Waals surface area contributed by atoms with Gasteiger partial charge < -0.3 is 9.15 Å². The average molecular weight is 385 g/mol. The highest BCUT2D eigenvalue weighted by molar-refractivity contribution is 6.03. The fraction of sp³-hybridized carbons (Fsp3) is 0.0870. The van der Waals surface area contributed by atoms with Crippen LogP contribution in [0.1, 0.15) is 21.5 Å². The van der Waals surface area contributed by atoms with Gasteiger partial charge in [0.1, 0.15) is 5.75 Å². The third kappa shape index (κ3) is 4.32. The van der Waals surface area contributed by atoms with Crippen molar-refractivity contribution in [3.8, 4) is 17.2 Å². The second-order valence-corrected chi connectivity index (χ2v) is 6.43. The number of benzene rings is 3.